The number of rotatable bonds is 9. The second-order valence-electron chi connectivity index (χ2n) is 6.10. The van der Waals surface area contributed by atoms with Gasteiger partial charge in [0.05, 0.1) is 11.5 Å². The number of hydrogen-bond donors (Lipinski definition) is 1. The zero-order valence-electron chi connectivity index (χ0n) is 14.5. The van der Waals surface area contributed by atoms with Gasteiger partial charge in [0.2, 0.25) is 10.0 Å². The molecular weight excluding hydrogens is 348 g/mol. The van der Waals surface area contributed by atoms with Crippen LogP contribution in [-0.2, 0) is 10.0 Å². The number of benzene rings is 1. The minimum absolute atomic E-state index is 0. The minimum atomic E-state index is -3.39. The van der Waals surface area contributed by atoms with E-state index in [1.807, 2.05) is 7.05 Å². The number of sulfonamides is 1. The van der Waals surface area contributed by atoms with E-state index in [1.165, 1.54) is 0 Å². The van der Waals surface area contributed by atoms with Crippen molar-refractivity contribution in [3.05, 3.63) is 24.3 Å². The van der Waals surface area contributed by atoms with Crippen molar-refractivity contribution in [2.45, 2.75) is 37.5 Å². The maximum Gasteiger partial charge on any atom is 0.243 e. The first-order chi connectivity index (χ1) is 11.1. The average molecular weight is 377 g/mol. The Morgan fingerprint density at radius 1 is 1.25 bits per heavy atom. The monoisotopic (exact) mass is 376 g/mol. The van der Waals surface area contributed by atoms with Crippen LogP contribution in [-0.4, -0.2) is 46.0 Å². The van der Waals surface area contributed by atoms with Crippen LogP contribution in [0, 0.1) is 5.92 Å². The average Bonchev–Trinajstić information content (AvgIpc) is 3.02. The fourth-order valence-electron chi connectivity index (χ4n) is 2.87. The van der Waals surface area contributed by atoms with Crippen LogP contribution in [0.15, 0.2) is 29.2 Å². The molecule has 1 heterocycles. The van der Waals surface area contributed by atoms with E-state index >= 15 is 0 Å². The van der Waals surface area contributed by atoms with Crippen LogP contribution < -0.4 is 10.1 Å². The normalized spacial score (nSPS) is 18.3. The molecule has 24 heavy (non-hydrogen) atoms. The van der Waals surface area contributed by atoms with Gasteiger partial charge < -0.3 is 10.1 Å². The highest BCUT2D eigenvalue weighted by atomic mass is 35.5. The van der Waals surface area contributed by atoms with Gasteiger partial charge in [0, 0.05) is 13.1 Å². The predicted octanol–water partition coefficient (Wildman–Crippen LogP) is 2.91. The highest BCUT2D eigenvalue weighted by molar-refractivity contribution is 7.89. The summed E-state index contributed by atoms with van der Waals surface area (Å²) in [6.07, 6.45) is 4.25. The van der Waals surface area contributed by atoms with Crippen molar-refractivity contribution in [3.63, 3.8) is 0 Å². The molecule has 1 N–H and O–H groups in total. The molecule has 0 aliphatic carbocycles. The second-order valence-corrected chi connectivity index (χ2v) is 8.04. The molecule has 1 fully saturated rings. The van der Waals surface area contributed by atoms with Gasteiger partial charge in [0.25, 0.3) is 0 Å². The molecule has 0 aromatic heterocycles. The van der Waals surface area contributed by atoms with Gasteiger partial charge in [0.15, 0.2) is 0 Å². The maximum atomic E-state index is 12.7. The van der Waals surface area contributed by atoms with Crippen LogP contribution in [0.25, 0.3) is 0 Å². The van der Waals surface area contributed by atoms with E-state index < -0.39 is 10.0 Å². The third-order valence-electron chi connectivity index (χ3n) is 4.22. The first kappa shape index (κ1) is 21.2. The van der Waals surface area contributed by atoms with E-state index in [1.54, 1.807) is 28.6 Å². The van der Waals surface area contributed by atoms with E-state index in [4.69, 9.17) is 4.74 Å². The Labute approximate surface area is 152 Å². The van der Waals surface area contributed by atoms with Gasteiger partial charge in [-0.3, -0.25) is 0 Å². The SMILES string of the molecule is CCCCCOc1ccc(S(=O)(=O)N2CCC(CNC)C2)cc1.Cl. The molecule has 1 saturated heterocycles. The molecular formula is C17H29ClN2O3S. The Hall–Kier alpha value is -0.820. The van der Waals surface area contributed by atoms with E-state index in [0.29, 0.717) is 30.5 Å². The third-order valence-corrected chi connectivity index (χ3v) is 6.10. The van der Waals surface area contributed by atoms with Crippen LogP contribution in [0.3, 0.4) is 0 Å². The highest BCUT2D eigenvalue weighted by Gasteiger charge is 2.32. The lowest BCUT2D eigenvalue weighted by Gasteiger charge is -2.17. The lowest BCUT2D eigenvalue weighted by Crippen LogP contribution is -2.30. The molecule has 1 aliphatic rings. The summed E-state index contributed by atoms with van der Waals surface area (Å²) in [5.74, 6) is 1.13. The van der Waals surface area contributed by atoms with Crippen molar-refractivity contribution in [2.75, 3.05) is 33.3 Å². The molecule has 1 atom stereocenters. The topological polar surface area (TPSA) is 58.6 Å². The van der Waals surface area contributed by atoms with Gasteiger partial charge in [0.1, 0.15) is 5.75 Å². The Bertz CT molecular complexity index is 578. The van der Waals surface area contributed by atoms with Crippen molar-refractivity contribution in [1.82, 2.24) is 9.62 Å². The van der Waals surface area contributed by atoms with E-state index in [2.05, 4.69) is 12.2 Å². The second kappa shape index (κ2) is 10.2. The number of unbranched alkanes of at least 4 members (excludes halogenated alkanes) is 2. The van der Waals surface area contributed by atoms with Crippen molar-refractivity contribution >= 4 is 22.4 Å². The van der Waals surface area contributed by atoms with Crippen LogP contribution in [0.5, 0.6) is 5.75 Å². The molecule has 7 heteroatoms. The molecule has 0 radical (unpaired) electrons. The predicted molar refractivity (Wildman–Crippen MR) is 99.5 cm³/mol. The third kappa shape index (κ3) is 5.62. The van der Waals surface area contributed by atoms with Crippen molar-refractivity contribution < 1.29 is 13.2 Å². The summed E-state index contributed by atoms with van der Waals surface area (Å²) >= 11 is 0. The number of ether oxygens (including phenoxy) is 1. The highest BCUT2D eigenvalue weighted by Crippen LogP contribution is 2.25. The smallest absolute Gasteiger partial charge is 0.243 e. The number of hydrogen-bond acceptors (Lipinski definition) is 4. The summed E-state index contributed by atoms with van der Waals surface area (Å²) in [5, 5.41) is 3.12. The Morgan fingerprint density at radius 2 is 1.96 bits per heavy atom. The first-order valence-electron chi connectivity index (χ1n) is 8.45. The van der Waals surface area contributed by atoms with Gasteiger partial charge in [-0.15, -0.1) is 12.4 Å². The molecule has 0 amide bonds. The number of nitrogens with one attached hydrogen (secondary N) is 1. The summed E-state index contributed by atoms with van der Waals surface area (Å²) in [6.45, 7) is 4.88. The lowest BCUT2D eigenvalue weighted by molar-refractivity contribution is 0.306. The zero-order chi connectivity index (χ0) is 16.7. The number of nitrogens with zero attached hydrogens (tertiary/aromatic N) is 1. The Balaban J connectivity index is 0.00000288. The van der Waals surface area contributed by atoms with Gasteiger partial charge in [-0.2, -0.15) is 4.31 Å². The summed E-state index contributed by atoms with van der Waals surface area (Å²) in [6, 6.07) is 6.80. The van der Waals surface area contributed by atoms with Crippen molar-refractivity contribution in [2.24, 2.45) is 5.92 Å². The molecule has 2 rings (SSSR count). The maximum absolute atomic E-state index is 12.7. The molecule has 1 aromatic rings. The van der Waals surface area contributed by atoms with Crippen LogP contribution in [0.1, 0.15) is 32.6 Å². The quantitative estimate of drug-likeness (QED) is 0.673. The van der Waals surface area contributed by atoms with E-state index in [-0.39, 0.29) is 12.4 Å². The van der Waals surface area contributed by atoms with Crippen molar-refractivity contribution in [1.29, 1.82) is 0 Å². The fraction of sp³-hybridized carbons (Fsp3) is 0.647. The van der Waals surface area contributed by atoms with Gasteiger partial charge in [-0.1, -0.05) is 19.8 Å². The molecule has 0 saturated carbocycles. The van der Waals surface area contributed by atoms with Gasteiger partial charge in [-0.05, 0) is 56.6 Å². The molecule has 1 unspecified atom stereocenters. The summed E-state index contributed by atoms with van der Waals surface area (Å²) in [7, 11) is -1.49. The zero-order valence-corrected chi connectivity index (χ0v) is 16.2. The lowest BCUT2D eigenvalue weighted by atomic mass is 10.1. The van der Waals surface area contributed by atoms with Crippen molar-refractivity contribution in [3.8, 4) is 5.75 Å². The molecule has 0 bridgehead atoms. The standard InChI is InChI=1S/C17H28N2O3S.ClH/c1-3-4-5-12-22-16-6-8-17(9-7-16)23(20,21)19-11-10-15(14-19)13-18-2;/h6-9,15,18H,3-5,10-14H2,1-2H3;1H. The molecule has 138 valence electrons. The minimum Gasteiger partial charge on any atom is -0.494 e. The van der Waals surface area contributed by atoms with Gasteiger partial charge >= 0.3 is 0 Å². The largest absolute Gasteiger partial charge is 0.494 e. The summed E-state index contributed by atoms with van der Waals surface area (Å²) in [4.78, 5) is 0.350. The Morgan fingerprint density at radius 3 is 2.58 bits per heavy atom. The fourth-order valence-corrected chi connectivity index (χ4v) is 4.40. The number of halogens is 1. The molecule has 1 aliphatic heterocycles. The summed E-state index contributed by atoms with van der Waals surface area (Å²) < 4.78 is 32.5. The molecule has 5 nitrogen and oxygen atoms in total. The van der Waals surface area contributed by atoms with E-state index in [9.17, 15) is 8.42 Å². The summed E-state index contributed by atoms with van der Waals surface area (Å²) in [5.41, 5.74) is 0. The first-order valence-corrected chi connectivity index (χ1v) is 9.89. The van der Waals surface area contributed by atoms with E-state index in [0.717, 1.165) is 38.0 Å². The van der Waals surface area contributed by atoms with Crippen LogP contribution in [0.4, 0.5) is 0 Å². The van der Waals surface area contributed by atoms with Crippen LogP contribution >= 0.6 is 12.4 Å². The molecule has 1 aromatic carbocycles. The molecule has 0 spiro atoms. The Kier molecular flexibility index (Phi) is 9.05. The van der Waals surface area contributed by atoms with Crippen LogP contribution in [0.2, 0.25) is 0 Å². The van der Waals surface area contributed by atoms with Gasteiger partial charge in [-0.25, -0.2) is 8.42 Å².